The van der Waals surface area contributed by atoms with Crippen molar-refractivity contribution in [3.63, 3.8) is 0 Å². The number of carbonyl (C=O) groups is 1. The number of fused-ring (bicyclic) bond motifs is 1. The van der Waals surface area contributed by atoms with Gasteiger partial charge in [-0.3, -0.25) is 14.9 Å². The zero-order valence-electron chi connectivity index (χ0n) is 17.9. The number of aromatic nitrogens is 4. The third-order valence-electron chi connectivity index (χ3n) is 5.60. The van der Waals surface area contributed by atoms with Crippen LogP contribution in [-0.4, -0.2) is 25.6 Å². The Kier molecular flexibility index (Phi) is 5.30. The molecule has 3 heterocycles. The standard InChI is InChI=1S/C24H19N7O3/c1-15-20(23(32)27-17-10-7-13-25-14-17)21(18-11-5-6-12-19(18)31(33)34)30-24(26-15)28-22(29-30)16-8-3-2-4-9-16/h2-14,20-21H,1H2,(H,27,32)(H,26,28,29)/p+1. The van der Waals surface area contributed by atoms with Crippen LogP contribution in [0, 0.1) is 16.0 Å². The quantitative estimate of drug-likeness (QED) is 0.351. The largest absolute Gasteiger partial charge is 0.328 e. The Bertz CT molecular complexity index is 1390. The molecule has 10 heteroatoms. The fourth-order valence-electron chi connectivity index (χ4n) is 4.07. The van der Waals surface area contributed by atoms with Crippen molar-refractivity contribution in [3.8, 4) is 11.4 Å². The topological polar surface area (TPSA) is 129 Å². The highest BCUT2D eigenvalue weighted by Gasteiger charge is 2.43. The van der Waals surface area contributed by atoms with E-state index in [0.29, 0.717) is 28.7 Å². The summed E-state index contributed by atoms with van der Waals surface area (Å²) in [7, 11) is 0. The molecule has 0 radical (unpaired) electrons. The Morgan fingerprint density at radius 3 is 2.62 bits per heavy atom. The fraction of sp³-hybridized carbons (Fsp3) is 0.0833. The number of aromatic amines is 1. The zero-order chi connectivity index (χ0) is 23.7. The maximum absolute atomic E-state index is 13.5. The van der Waals surface area contributed by atoms with Gasteiger partial charge >= 0.3 is 0 Å². The molecule has 3 N–H and O–H groups in total. The Morgan fingerprint density at radius 1 is 1.12 bits per heavy atom. The second-order valence-corrected chi connectivity index (χ2v) is 7.74. The monoisotopic (exact) mass is 454 g/mol. The van der Waals surface area contributed by atoms with Crippen LogP contribution in [0.3, 0.4) is 0 Å². The van der Waals surface area contributed by atoms with E-state index in [2.05, 4.69) is 32.3 Å². The summed E-state index contributed by atoms with van der Waals surface area (Å²) in [6.45, 7) is 4.06. The highest BCUT2D eigenvalue weighted by Crippen LogP contribution is 2.42. The molecule has 0 spiro atoms. The van der Waals surface area contributed by atoms with Gasteiger partial charge < -0.3 is 10.6 Å². The zero-order valence-corrected chi connectivity index (χ0v) is 17.9. The van der Waals surface area contributed by atoms with Gasteiger partial charge in [-0.15, -0.1) is 5.10 Å². The molecule has 2 unspecified atom stereocenters. The molecule has 2 atom stereocenters. The van der Waals surface area contributed by atoms with Gasteiger partial charge in [0, 0.05) is 23.4 Å². The van der Waals surface area contributed by atoms with Crippen molar-refractivity contribution in [2.45, 2.75) is 6.04 Å². The lowest BCUT2D eigenvalue weighted by Crippen LogP contribution is -2.40. The van der Waals surface area contributed by atoms with Crippen LogP contribution >= 0.6 is 0 Å². The van der Waals surface area contributed by atoms with E-state index in [0.717, 1.165) is 5.56 Å². The second kappa shape index (κ2) is 8.58. The molecule has 168 valence electrons. The van der Waals surface area contributed by atoms with Gasteiger partial charge in [-0.2, -0.15) is 4.98 Å². The first kappa shape index (κ1) is 21.0. The molecule has 0 saturated heterocycles. The first-order valence-corrected chi connectivity index (χ1v) is 10.5. The highest BCUT2D eigenvalue weighted by molar-refractivity contribution is 5.95. The van der Waals surface area contributed by atoms with Crippen LogP contribution in [0.4, 0.5) is 17.3 Å². The average molecular weight is 454 g/mol. The van der Waals surface area contributed by atoms with Gasteiger partial charge in [-0.1, -0.05) is 49.0 Å². The molecule has 1 aliphatic heterocycles. The molecule has 2 aromatic carbocycles. The Balaban J connectivity index is 1.65. The summed E-state index contributed by atoms with van der Waals surface area (Å²) in [5.74, 6) is -0.510. The minimum absolute atomic E-state index is 0.115. The lowest BCUT2D eigenvalue weighted by Gasteiger charge is -2.33. The first-order chi connectivity index (χ1) is 16.5. The first-order valence-electron chi connectivity index (χ1n) is 10.5. The van der Waals surface area contributed by atoms with Crippen molar-refractivity contribution in [2.24, 2.45) is 5.92 Å². The second-order valence-electron chi connectivity index (χ2n) is 7.74. The van der Waals surface area contributed by atoms with Crippen molar-refractivity contribution in [1.29, 1.82) is 0 Å². The minimum Gasteiger partial charge on any atom is -0.328 e. The molecule has 1 amide bonds. The van der Waals surface area contributed by atoms with Gasteiger partial charge in [-0.05, 0) is 12.1 Å². The van der Waals surface area contributed by atoms with Crippen LogP contribution in [0.15, 0.2) is 91.4 Å². The molecule has 0 bridgehead atoms. The van der Waals surface area contributed by atoms with Crippen molar-refractivity contribution in [1.82, 2.24) is 14.8 Å². The normalized spacial score (nSPS) is 16.9. The van der Waals surface area contributed by atoms with E-state index >= 15 is 0 Å². The van der Waals surface area contributed by atoms with Crippen molar-refractivity contribution < 1.29 is 14.7 Å². The SMILES string of the molecule is C=C1Nc2nc(-c3ccccc3)nn2C(c2ccccc2[N+](=O)[O-])C1C(=O)Nc1ccc[nH+]c1. The van der Waals surface area contributed by atoms with Crippen LogP contribution in [-0.2, 0) is 4.79 Å². The Hall–Kier alpha value is -4.86. The Labute approximate surface area is 194 Å². The summed E-state index contributed by atoms with van der Waals surface area (Å²) in [5.41, 5.74) is 1.91. The van der Waals surface area contributed by atoms with E-state index < -0.39 is 16.9 Å². The number of para-hydroxylation sites is 1. The van der Waals surface area contributed by atoms with Crippen LogP contribution in [0.1, 0.15) is 11.6 Å². The number of benzene rings is 2. The highest BCUT2D eigenvalue weighted by atomic mass is 16.6. The van der Waals surface area contributed by atoms with E-state index in [9.17, 15) is 14.9 Å². The molecule has 0 saturated carbocycles. The maximum Gasteiger partial charge on any atom is 0.274 e. The smallest absolute Gasteiger partial charge is 0.274 e. The number of hydrogen-bond acceptors (Lipinski definition) is 6. The third-order valence-corrected chi connectivity index (χ3v) is 5.60. The number of nitro benzene ring substituents is 1. The summed E-state index contributed by atoms with van der Waals surface area (Å²) in [6, 6.07) is 18.3. The number of carbonyl (C=O) groups excluding carboxylic acids is 1. The minimum atomic E-state index is -0.904. The van der Waals surface area contributed by atoms with Gasteiger partial charge in [-0.25, -0.2) is 9.67 Å². The summed E-state index contributed by atoms with van der Waals surface area (Å²) >= 11 is 0. The fourth-order valence-corrected chi connectivity index (χ4v) is 4.07. The number of hydrogen-bond donors (Lipinski definition) is 2. The van der Waals surface area contributed by atoms with E-state index in [-0.39, 0.29) is 11.6 Å². The number of rotatable bonds is 5. The lowest BCUT2D eigenvalue weighted by molar-refractivity contribution is -0.385. The van der Waals surface area contributed by atoms with Crippen LogP contribution in [0.2, 0.25) is 0 Å². The summed E-state index contributed by atoms with van der Waals surface area (Å²) in [6.07, 6.45) is 3.37. The van der Waals surface area contributed by atoms with Gasteiger partial charge in [0.2, 0.25) is 11.9 Å². The van der Waals surface area contributed by atoms with Crippen molar-refractivity contribution in [2.75, 3.05) is 10.6 Å². The van der Waals surface area contributed by atoms with Crippen LogP contribution in [0.25, 0.3) is 11.4 Å². The maximum atomic E-state index is 13.5. The molecule has 34 heavy (non-hydrogen) atoms. The van der Waals surface area contributed by atoms with Gasteiger partial charge in [0.1, 0.15) is 17.6 Å². The van der Waals surface area contributed by atoms with Crippen LogP contribution in [0.5, 0.6) is 0 Å². The molecule has 2 aromatic heterocycles. The lowest BCUT2D eigenvalue weighted by atomic mass is 9.87. The van der Waals surface area contributed by atoms with E-state index in [1.807, 2.05) is 30.3 Å². The molecular weight excluding hydrogens is 434 g/mol. The van der Waals surface area contributed by atoms with E-state index in [1.165, 1.54) is 10.7 Å². The van der Waals surface area contributed by atoms with Gasteiger partial charge in [0.25, 0.3) is 5.69 Å². The summed E-state index contributed by atoms with van der Waals surface area (Å²) < 4.78 is 1.53. The molecule has 10 nitrogen and oxygen atoms in total. The number of pyridine rings is 1. The van der Waals surface area contributed by atoms with Crippen molar-refractivity contribution >= 4 is 23.2 Å². The number of nitrogens with zero attached hydrogens (tertiary/aromatic N) is 4. The van der Waals surface area contributed by atoms with E-state index in [1.54, 1.807) is 42.7 Å². The molecule has 1 aliphatic rings. The number of H-pyrrole nitrogens is 1. The summed E-state index contributed by atoms with van der Waals surface area (Å²) in [5, 5.41) is 22.4. The predicted molar refractivity (Wildman–Crippen MR) is 125 cm³/mol. The summed E-state index contributed by atoms with van der Waals surface area (Å²) in [4.78, 5) is 32.4. The predicted octanol–water partition coefficient (Wildman–Crippen LogP) is 3.45. The third kappa shape index (κ3) is 3.77. The van der Waals surface area contributed by atoms with Gasteiger partial charge in [0.05, 0.1) is 10.5 Å². The molecule has 0 fully saturated rings. The molecule has 4 aromatic rings. The number of nitrogens with one attached hydrogen (secondary N) is 3. The van der Waals surface area contributed by atoms with E-state index in [4.69, 9.17) is 0 Å². The molecular formula is C24H20N7O3+. The Morgan fingerprint density at radius 2 is 1.88 bits per heavy atom. The van der Waals surface area contributed by atoms with Gasteiger partial charge in [0.15, 0.2) is 18.2 Å². The number of amides is 1. The van der Waals surface area contributed by atoms with Crippen LogP contribution < -0.4 is 15.6 Å². The van der Waals surface area contributed by atoms with Crippen molar-refractivity contribution in [3.05, 3.63) is 107 Å². The molecule has 0 aliphatic carbocycles. The average Bonchev–Trinajstić information content (AvgIpc) is 3.28. The number of anilines is 2. The number of nitro groups is 1. The molecule has 5 rings (SSSR count).